The largest absolute Gasteiger partial charge is 0.352 e. The van der Waals surface area contributed by atoms with Crippen molar-refractivity contribution in [2.45, 2.75) is 19.9 Å². The minimum Gasteiger partial charge on any atom is -0.352 e. The van der Waals surface area contributed by atoms with Gasteiger partial charge in [-0.25, -0.2) is 4.79 Å². The summed E-state index contributed by atoms with van der Waals surface area (Å²) in [5.41, 5.74) is 5.80. The Morgan fingerprint density at radius 2 is 1.71 bits per heavy atom. The quantitative estimate of drug-likeness (QED) is 0.806. The number of amides is 3. The number of nitrogens with two attached hydrogens (primary N) is 1. The first-order chi connectivity index (χ1) is 9.97. The molecule has 0 aliphatic heterocycles. The summed E-state index contributed by atoms with van der Waals surface area (Å²) in [7, 11) is 0. The molecule has 2 aromatic carbocycles. The maximum atomic E-state index is 12.2. The monoisotopic (exact) mass is 285 g/mol. The minimum atomic E-state index is -0.706. The molecule has 5 nitrogen and oxygen atoms in total. The van der Waals surface area contributed by atoms with Crippen LogP contribution in [-0.2, 0) is 4.79 Å². The molecule has 0 aliphatic rings. The predicted molar refractivity (Wildman–Crippen MR) is 83.9 cm³/mol. The molecular formula is C16H19N3O2. The highest BCUT2D eigenvalue weighted by molar-refractivity contribution is 5.98. The summed E-state index contributed by atoms with van der Waals surface area (Å²) in [6.45, 7) is 3.70. The first-order valence-electron chi connectivity index (χ1n) is 6.83. The van der Waals surface area contributed by atoms with Gasteiger partial charge in [0.25, 0.3) is 0 Å². The van der Waals surface area contributed by atoms with Gasteiger partial charge < -0.3 is 16.4 Å². The molecule has 0 aliphatic carbocycles. The van der Waals surface area contributed by atoms with Crippen LogP contribution in [0.1, 0.15) is 13.8 Å². The number of urea groups is 1. The van der Waals surface area contributed by atoms with Crippen LogP contribution in [0.25, 0.3) is 10.8 Å². The molecule has 2 aromatic rings. The van der Waals surface area contributed by atoms with Crippen molar-refractivity contribution >= 4 is 28.4 Å². The van der Waals surface area contributed by atoms with Crippen molar-refractivity contribution in [2.24, 2.45) is 11.7 Å². The molecule has 21 heavy (non-hydrogen) atoms. The second-order valence-corrected chi connectivity index (χ2v) is 5.28. The number of nitrogens with one attached hydrogen (secondary N) is 2. The highest BCUT2D eigenvalue weighted by atomic mass is 16.2. The number of carbonyl (C=O) groups excluding carboxylic acids is 2. The highest BCUT2D eigenvalue weighted by Crippen LogP contribution is 2.19. The topological polar surface area (TPSA) is 84.2 Å². The maximum Gasteiger partial charge on any atom is 0.312 e. The lowest BCUT2D eigenvalue weighted by molar-refractivity contribution is -0.118. The third-order valence-electron chi connectivity index (χ3n) is 3.26. The number of fused-ring (bicyclic) bond motifs is 1. The fourth-order valence-electron chi connectivity index (χ4n) is 2.18. The van der Waals surface area contributed by atoms with Crippen molar-refractivity contribution in [3.63, 3.8) is 0 Å². The summed E-state index contributed by atoms with van der Waals surface area (Å²) in [5.74, 6) is -0.336. The van der Waals surface area contributed by atoms with Crippen LogP contribution in [0.4, 0.5) is 10.5 Å². The van der Waals surface area contributed by atoms with E-state index in [-0.39, 0.29) is 11.8 Å². The van der Waals surface area contributed by atoms with Gasteiger partial charge >= 0.3 is 6.03 Å². The number of rotatable bonds is 4. The van der Waals surface area contributed by atoms with E-state index in [2.05, 4.69) is 10.6 Å². The van der Waals surface area contributed by atoms with E-state index < -0.39 is 12.1 Å². The molecule has 5 heteroatoms. The Kier molecular flexibility index (Phi) is 4.42. The van der Waals surface area contributed by atoms with Crippen molar-refractivity contribution in [3.05, 3.63) is 42.5 Å². The lowest BCUT2D eigenvalue weighted by Gasteiger charge is -2.20. The van der Waals surface area contributed by atoms with Crippen LogP contribution in [0, 0.1) is 5.92 Å². The van der Waals surface area contributed by atoms with Gasteiger partial charge in [0.2, 0.25) is 5.91 Å². The fraction of sp³-hybridized carbons (Fsp3) is 0.250. The van der Waals surface area contributed by atoms with E-state index in [0.29, 0.717) is 5.69 Å². The Hall–Kier alpha value is -2.56. The number of hydrogen-bond donors (Lipinski definition) is 3. The zero-order valence-electron chi connectivity index (χ0n) is 12.1. The van der Waals surface area contributed by atoms with E-state index >= 15 is 0 Å². The lowest BCUT2D eigenvalue weighted by atomic mass is 10.0. The van der Waals surface area contributed by atoms with Gasteiger partial charge in [-0.3, -0.25) is 4.79 Å². The average molecular weight is 285 g/mol. The molecule has 0 saturated carbocycles. The van der Waals surface area contributed by atoms with Crippen LogP contribution in [0.15, 0.2) is 42.5 Å². The average Bonchev–Trinajstić information content (AvgIpc) is 2.44. The molecule has 0 radical (unpaired) electrons. The number of benzene rings is 2. The molecule has 110 valence electrons. The summed E-state index contributed by atoms with van der Waals surface area (Å²) in [5, 5.41) is 7.42. The molecular weight excluding hydrogens is 266 g/mol. The third-order valence-corrected chi connectivity index (χ3v) is 3.26. The summed E-state index contributed by atoms with van der Waals surface area (Å²) in [6.07, 6.45) is 0. The Balaban J connectivity index is 2.17. The summed E-state index contributed by atoms with van der Waals surface area (Å²) < 4.78 is 0. The van der Waals surface area contributed by atoms with E-state index in [1.165, 1.54) is 0 Å². The molecule has 0 unspecified atom stereocenters. The Morgan fingerprint density at radius 1 is 1.05 bits per heavy atom. The minimum absolute atomic E-state index is 0.0574. The zero-order valence-corrected chi connectivity index (χ0v) is 12.1. The molecule has 0 bridgehead atoms. The first-order valence-corrected chi connectivity index (χ1v) is 6.83. The van der Waals surface area contributed by atoms with Gasteiger partial charge in [-0.1, -0.05) is 44.2 Å². The van der Waals surface area contributed by atoms with Gasteiger partial charge in [0.15, 0.2) is 0 Å². The van der Waals surface area contributed by atoms with E-state index in [1.807, 2.05) is 56.3 Å². The van der Waals surface area contributed by atoms with E-state index in [4.69, 9.17) is 5.73 Å². The Labute approximate surface area is 123 Å². The summed E-state index contributed by atoms with van der Waals surface area (Å²) >= 11 is 0. The molecule has 0 aromatic heterocycles. The van der Waals surface area contributed by atoms with Crippen molar-refractivity contribution in [1.29, 1.82) is 0 Å². The van der Waals surface area contributed by atoms with Crippen LogP contribution < -0.4 is 16.4 Å². The van der Waals surface area contributed by atoms with Gasteiger partial charge in [-0.2, -0.15) is 0 Å². The van der Waals surface area contributed by atoms with Crippen LogP contribution in [-0.4, -0.2) is 18.0 Å². The molecule has 0 heterocycles. The Morgan fingerprint density at radius 3 is 2.33 bits per heavy atom. The number of anilines is 1. The van der Waals surface area contributed by atoms with Crippen molar-refractivity contribution < 1.29 is 9.59 Å². The molecule has 1 atom stereocenters. The van der Waals surface area contributed by atoms with Crippen LogP contribution in [0.3, 0.4) is 0 Å². The third kappa shape index (κ3) is 3.72. The van der Waals surface area contributed by atoms with Crippen molar-refractivity contribution in [2.75, 3.05) is 5.32 Å². The molecule has 4 N–H and O–H groups in total. The summed E-state index contributed by atoms with van der Waals surface area (Å²) in [4.78, 5) is 23.2. The SMILES string of the molecule is CC(C)[C@@H](NC(N)=O)C(=O)Nc1ccc2ccccc2c1. The smallest absolute Gasteiger partial charge is 0.312 e. The van der Waals surface area contributed by atoms with Gasteiger partial charge in [0.1, 0.15) is 6.04 Å². The van der Waals surface area contributed by atoms with Gasteiger partial charge in [-0.05, 0) is 28.8 Å². The van der Waals surface area contributed by atoms with Gasteiger partial charge in [0, 0.05) is 5.69 Å². The van der Waals surface area contributed by atoms with E-state index in [9.17, 15) is 9.59 Å². The zero-order chi connectivity index (χ0) is 15.4. The maximum absolute atomic E-state index is 12.2. The van der Waals surface area contributed by atoms with Gasteiger partial charge in [0.05, 0.1) is 0 Å². The van der Waals surface area contributed by atoms with E-state index in [0.717, 1.165) is 10.8 Å². The molecule has 0 spiro atoms. The van der Waals surface area contributed by atoms with E-state index in [1.54, 1.807) is 0 Å². The number of hydrogen-bond acceptors (Lipinski definition) is 2. The molecule has 0 saturated heterocycles. The molecule has 2 rings (SSSR count). The van der Waals surface area contributed by atoms with Crippen LogP contribution in [0.5, 0.6) is 0 Å². The standard InChI is InChI=1S/C16H19N3O2/c1-10(2)14(19-16(17)21)15(20)18-13-8-7-11-5-3-4-6-12(11)9-13/h3-10,14H,1-2H3,(H,18,20)(H3,17,19,21)/t14-/m1/s1. The molecule has 0 fully saturated rings. The number of carbonyl (C=O) groups is 2. The van der Waals surface area contributed by atoms with Crippen LogP contribution >= 0.6 is 0 Å². The Bertz CT molecular complexity index is 667. The highest BCUT2D eigenvalue weighted by Gasteiger charge is 2.23. The van der Waals surface area contributed by atoms with Crippen molar-refractivity contribution in [1.82, 2.24) is 5.32 Å². The lowest BCUT2D eigenvalue weighted by Crippen LogP contribution is -2.49. The fourth-order valence-corrected chi connectivity index (χ4v) is 2.18. The second kappa shape index (κ2) is 6.26. The summed E-state index contributed by atoms with van der Waals surface area (Å²) in [6, 6.07) is 12.2. The van der Waals surface area contributed by atoms with Crippen LogP contribution in [0.2, 0.25) is 0 Å². The predicted octanol–water partition coefficient (Wildman–Crippen LogP) is 2.47. The first kappa shape index (κ1) is 14.8. The normalized spacial score (nSPS) is 12.1. The second-order valence-electron chi connectivity index (χ2n) is 5.28. The number of primary amides is 1. The van der Waals surface area contributed by atoms with Crippen molar-refractivity contribution in [3.8, 4) is 0 Å². The molecule has 3 amide bonds. The van der Waals surface area contributed by atoms with Gasteiger partial charge in [-0.15, -0.1) is 0 Å².